The Hall–Kier alpha value is -2.23. The molecule has 0 saturated heterocycles. The number of aromatic nitrogens is 2. The van der Waals surface area contributed by atoms with Crippen LogP contribution < -0.4 is 5.32 Å². The molecule has 4 heteroatoms. The first-order chi connectivity index (χ1) is 9.72. The zero-order valence-corrected chi connectivity index (χ0v) is 11.5. The number of carbonyl (C=O) groups is 1. The van der Waals surface area contributed by atoms with Gasteiger partial charge in [0.05, 0.1) is 12.2 Å². The molecule has 1 aliphatic carbocycles. The molecule has 0 spiro atoms. The molecular formula is C16H17N3O. The highest BCUT2D eigenvalue weighted by atomic mass is 16.1. The molecule has 0 bridgehead atoms. The van der Waals surface area contributed by atoms with Gasteiger partial charge in [0.15, 0.2) is 0 Å². The van der Waals surface area contributed by atoms with E-state index in [-0.39, 0.29) is 5.91 Å². The van der Waals surface area contributed by atoms with Gasteiger partial charge in [0.1, 0.15) is 6.33 Å². The first-order valence-electron chi connectivity index (χ1n) is 6.88. The summed E-state index contributed by atoms with van der Waals surface area (Å²) >= 11 is 0. The number of rotatable bonds is 4. The Morgan fingerprint density at radius 1 is 1.25 bits per heavy atom. The van der Waals surface area contributed by atoms with Gasteiger partial charge in [0, 0.05) is 17.2 Å². The van der Waals surface area contributed by atoms with Crippen LogP contribution in [0.1, 0.15) is 46.1 Å². The third-order valence-electron chi connectivity index (χ3n) is 3.48. The summed E-state index contributed by atoms with van der Waals surface area (Å²) < 4.78 is 0. The lowest BCUT2D eigenvalue weighted by Gasteiger charge is -2.06. The average Bonchev–Trinajstić information content (AvgIpc) is 3.30. The van der Waals surface area contributed by atoms with E-state index in [9.17, 15) is 4.79 Å². The van der Waals surface area contributed by atoms with Crippen LogP contribution in [-0.2, 0) is 6.54 Å². The Bertz CT molecular complexity index is 618. The molecule has 0 aliphatic heterocycles. The second kappa shape index (κ2) is 5.41. The SMILES string of the molecule is Cc1ccc(C(=O)NCc2cc(C3CC3)ncn2)cc1. The van der Waals surface area contributed by atoms with Crippen molar-refractivity contribution in [2.75, 3.05) is 0 Å². The van der Waals surface area contributed by atoms with Crippen molar-refractivity contribution in [1.29, 1.82) is 0 Å². The lowest BCUT2D eigenvalue weighted by Crippen LogP contribution is -2.23. The van der Waals surface area contributed by atoms with Gasteiger partial charge in [-0.2, -0.15) is 0 Å². The van der Waals surface area contributed by atoms with E-state index in [1.807, 2.05) is 37.3 Å². The summed E-state index contributed by atoms with van der Waals surface area (Å²) in [6.07, 6.45) is 4.01. The lowest BCUT2D eigenvalue weighted by atomic mass is 10.1. The van der Waals surface area contributed by atoms with E-state index < -0.39 is 0 Å². The van der Waals surface area contributed by atoms with Crippen LogP contribution in [0.15, 0.2) is 36.7 Å². The van der Waals surface area contributed by atoms with Gasteiger partial charge in [-0.25, -0.2) is 9.97 Å². The normalized spacial score (nSPS) is 14.1. The molecule has 1 saturated carbocycles. The number of amides is 1. The zero-order valence-electron chi connectivity index (χ0n) is 11.5. The minimum Gasteiger partial charge on any atom is -0.346 e. The van der Waals surface area contributed by atoms with Crippen molar-refractivity contribution in [3.63, 3.8) is 0 Å². The molecule has 1 N–H and O–H groups in total. The van der Waals surface area contributed by atoms with E-state index in [0.29, 0.717) is 18.0 Å². The number of hydrogen-bond acceptors (Lipinski definition) is 3. The third kappa shape index (κ3) is 3.02. The monoisotopic (exact) mass is 267 g/mol. The predicted molar refractivity (Wildman–Crippen MR) is 76.4 cm³/mol. The summed E-state index contributed by atoms with van der Waals surface area (Å²) in [6.45, 7) is 2.44. The Balaban J connectivity index is 1.62. The number of hydrogen-bond donors (Lipinski definition) is 1. The van der Waals surface area contributed by atoms with Crippen molar-refractivity contribution in [2.24, 2.45) is 0 Å². The van der Waals surface area contributed by atoms with Gasteiger partial charge >= 0.3 is 0 Å². The van der Waals surface area contributed by atoms with E-state index in [0.717, 1.165) is 17.0 Å². The highest BCUT2D eigenvalue weighted by Crippen LogP contribution is 2.38. The number of nitrogens with zero attached hydrogens (tertiary/aromatic N) is 2. The first kappa shape index (κ1) is 12.8. The molecule has 1 aromatic heterocycles. The van der Waals surface area contributed by atoms with Crippen LogP contribution in [0.5, 0.6) is 0 Å². The number of benzene rings is 1. The summed E-state index contributed by atoms with van der Waals surface area (Å²) in [6, 6.07) is 9.53. The highest BCUT2D eigenvalue weighted by molar-refractivity contribution is 5.94. The molecule has 0 atom stereocenters. The maximum atomic E-state index is 12.0. The molecule has 1 aromatic carbocycles. The van der Waals surface area contributed by atoms with Crippen molar-refractivity contribution in [3.05, 3.63) is 59.2 Å². The van der Waals surface area contributed by atoms with Gasteiger partial charge in [0.2, 0.25) is 0 Å². The second-order valence-electron chi connectivity index (χ2n) is 5.26. The molecule has 20 heavy (non-hydrogen) atoms. The molecule has 1 amide bonds. The summed E-state index contributed by atoms with van der Waals surface area (Å²) in [5.41, 5.74) is 3.78. The van der Waals surface area contributed by atoms with Gasteiger partial charge in [0.25, 0.3) is 5.91 Å². The quantitative estimate of drug-likeness (QED) is 0.926. The van der Waals surface area contributed by atoms with Crippen LogP contribution in [0.3, 0.4) is 0 Å². The van der Waals surface area contributed by atoms with Gasteiger partial charge < -0.3 is 5.32 Å². The summed E-state index contributed by atoms with van der Waals surface area (Å²) in [4.78, 5) is 20.5. The van der Waals surface area contributed by atoms with Crippen molar-refractivity contribution in [2.45, 2.75) is 32.2 Å². The zero-order chi connectivity index (χ0) is 13.9. The van der Waals surface area contributed by atoms with Crippen LogP contribution in [-0.4, -0.2) is 15.9 Å². The van der Waals surface area contributed by atoms with E-state index in [2.05, 4.69) is 15.3 Å². The third-order valence-corrected chi connectivity index (χ3v) is 3.48. The summed E-state index contributed by atoms with van der Waals surface area (Å²) in [5, 5.41) is 2.89. The Labute approximate surface area is 118 Å². The molecule has 0 radical (unpaired) electrons. The lowest BCUT2D eigenvalue weighted by molar-refractivity contribution is 0.0950. The summed E-state index contributed by atoms with van der Waals surface area (Å²) in [5.74, 6) is 0.529. The fourth-order valence-corrected chi connectivity index (χ4v) is 2.09. The Morgan fingerprint density at radius 3 is 2.70 bits per heavy atom. The maximum Gasteiger partial charge on any atom is 0.251 e. The molecule has 0 unspecified atom stereocenters. The molecule has 3 rings (SSSR count). The van der Waals surface area contributed by atoms with Crippen LogP contribution in [0.4, 0.5) is 0 Å². The smallest absolute Gasteiger partial charge is 0.251 e. The predicted octanol–water partition coefficient (Wildman–Crippen LogP) is 2.59. The number of nitrogens with one attached hydrogen (secondary N) is 1. The Kier molecular flexibility index (Phi) is 3.46. The van der Waals surface area contributed by atoms with Crippen molar-refractivity contribution < 1.29 is 4.79 Å². The van der Waals surface area contributed by atoms with E-state index in [1.165, 1.54) is 12.8 Å². The Morgan fingerprint density at radius 2 is 2.00 bits per heavy atom. The average molecular weight is 267 g/mol. The minimum absolute atomic E-state index is 0.0726. The van der Waals surface area contributed by atoms with Crippen molar-refractivity contribution >= 4 is 5.91 Å². The molecule has 1 aliphatic rings. The number of carbonyl (C=O) groups excluding carboxylic acids is 1. The van der Waals surface area contributed by atoms with Crippen LogP contribution in [0, 0.1) is 6.92 Å². The minimum atomic E-state index is -0.0726. The van der Waals surface area contributed by atoms with Gasteiger partial charge in [-0.15, -0.1) is 0 Å². The number of aryl methyl sites for hydroxylation is 1. The molecule has 102 valence electrons. The van der Waals surface area contributed by atoms with Crippen LogP contribution >= 0.6 is 0 Å². The first-order valence-corrected chi connectivity index (χ1v) is 6.88. The second-order valence-corrected chi connectivity index (χ2v) is 5.26. The van der Waals surface area contributed by atoms with Crippen molar-refractivity contribution in [1.82, 2.24) is 15.3 Å². The topological polar surface area (TPSA) is 54.9 Å². The van der Waals surface area contributed by atoms with Gasteiger partial charge in [-0.05, 0) is 38.0 Å². The highest BCUT2D eigenvalue weighted by Gasteiger charge is 2.25. The maximum absolute atomic E-state index is 12.0. The van der Waals surface area contributed by atoms with Crippen molar-refractivity contribution in [3.8, 4) is 0 Å². The fraction of sp³-hybridized carbons (Fsp3) is 0.312. The van der Waals surface area contributed by atoms with E-state index in [4.69, 9.17) is 0 Å². The molecule has 1 fully saturated rings. The van der Waals surface area contributed by atoms with Crippen LogP contribution in [0.2, 0.25) is 0 Å². The fourth-order valence-electron chi connectivity index (χ4n) is 2.09. The summed E-state index contributed by atoms with van der Waals surface area (Å²) in [7, 11) is 0. The van der Waals surface area contributed by atoms with Gasteiger partial charge in [-0.3, -0.25) is 4.79 Å². The van der Waals surface area contributed by atoms with Gasteiger partial charge in [-0.1, -0.05) is 17.7 Å². The molecular weight excluding hydrogens is 250 g/mol. The van der Waals surface area contributed by atoms with E-state index >= 15 is 0 Å². The standard InChI is InChI=1S/C16H17N3O/c1-11-2-4-13(5-3-11)16(20)17-9-14-8-15(12-6-7-12)19-10-18-14/h2-5,8,10,12H,6-7,9H2,1H3,(H,17,20). The molecule has 4 nitrogen and oxygen atoms in total. The molecule has 1 heterocycles. The van der Waals surface area contributed by atoms with Crippen LogP contribution in [0.25, 0.3) is 0 Å². The largest absolute Gasteiger partial charge is 0.346 e. The van der Waals surface area contributed by atoms with E-state index in [1.54, 1.807) is 6.33 Å². The molecule has 2 aromatic rings.